The van der Waals surface area contributed by atoms with E-state index >= 15 is 0 Å². The first-order valence-electron chi connectivity index (χ1n) is 26.2. The van der Waals surface area contributed by atoms with Gasteiger partial charge in [-0.25, -0.2) is 4.98 Å². The lowest BCUT2D eigenvalue weighted by atomic mass is 10.0. The second kappa shape index (κ2) is 12.3. The molecule has 0 aliphatic rings. The number of rotatable bonds is 5. The van der Waals surface area contributed by atoms with Crippen LogP contribution >= 0.6 is 0 Å². The molecule has 266 valence electrons. The topological polar surface area (TPSA) is 61.7 Å². The van der Waals surface area contributed by atoms with Gasteiger partial charge in [0.1, 0.15) is 11.2 Å². The highest BCUT2D eigenvalue weighted by atomic mass is 16.3. The minimum Gasteiger partial charge on any atom is -0.456 e. The SMILES string of the molecule is [2H]c1c([2H])c([2H])c2c(oc3c([2H])c([2H])c(-n4c5c([2H])c([2H])c([2H])c([2H])c5c5c([2H])c6c7c([2H])c([2H])c([2H])c([2H])c7n(-c7nc(-c8ccccc8)nc(-c8ccc(-c9ccccc9)cc8)n7)c6c([2H])c54)c([2H])c32)c1[2H]. The van der Waals surface area contributed by atoms with Gasteiger partial charge in [-0.1, -0.05) is 139 Å². The zero-order valence-corrected chi connectivity index (χ0v) is 29.2. The third-order valence-corrected chi connectivity index (χ3v) is 9.89. The van der Waals surface area contributed by atoms with Crippen molar-refractivity contribution in [3.05, 3.63) is 188 Å². The van der Waals surface area contributed by atoms with E-state index < -0.39 is 131 Å². The lowest BCUT2D eigenvalue weighted by Gasteiger charge is -2.12. The lowest BCUT2D eigenvalue weighted by molar-refractivity contribution is 0.669. The fourth-order valence-corrected chi connectivity index (χ4v) is 7.29. The number of hydrogen-bond acceptors (Lipinski definition) is 4. The van der Waals surface area contributed by atoms with Crippen LogP contribution < -0.4 is 0 Å². The number of furan rings is 1. The molecule has 4 heterocycles. The maximum atomic E-state index is 10.4. The highest BCUT2D eigenvalue weighted by molar-refractivity contribution is 6.19. The summed E-state index contributed by atoms with van der Waals surface area (Å²) in [4.78, 5) is 14.7. The van der Waals surface area contributed by atoms with Crippen LogP contribution in [0.15, 0.2) is 192 Å². The second-order valence-electron chi connectivity index (χ2n) is 13.1. The summed E-state index contributed by atoms with van der Waals surface area (Å²) in [5.41, 5.74) is 0.0444. The van der Waals surface area contributed by atoms with Gasteiger partial charge in [0.2, 0.25) is 5.95 Å². The zero-order chi connectivity index (χ0) is 52.2. The number of nitrogens with zero attached hydrogens (tertiary/aromatic N) is 5. The van der Waals surface area contributed by atoms with E-state index in [0.29, 0.717) is 11.1 Å². The van der Waals surface area contributed by atoms with Crippen molar-refractivity contribution >= 4 is 65.6 Å². The molecule has 0 saturated carbocycles. The Morgan fingerprint density at radius 1 is 0.386 bits per heavy atom. The molecule has 4 aromatic heterocycles. The van der Waals surface area contributed by atoms with Crippen molar-refractivity contribution in [2.24, 2.45) is 0 Å². The molecule has 8 aromatic carbocycles. The number of aromatic nitrogens is 5. The number of hydrogen-bond donors (Lipinski definition) is 0. The molecule has 0 saturated heterocycles. The molecule has 0 unspecified atom stereocenters. The Bertz CT molecular complexity index is 4500. The number of benzene rings is 8. The molecule has 6 heteroatoms. The molecule has 12 rings (SSSR count). The third kappa shape index (κ3) is 4.94. The molecule has 0 spiro atoms. The van der Waals surface area contributed by atoms with Crippen LogP contribution in [-0.4, -0.2) is 24.1 Å². The molecule has 0 aliphatic heterocycles. The third-order valence-electron chi connectivity index (χ3n) is 9.89. The highest BCUT2D eigenvalue weighted by Gasteiger charge is 2.21. The van der Waals surface area contributed by atoms with Gasteiger partial charge in [-0.15, -0.1) is 0 Å². The predicted octanol–water partition coefficient (Wildman–Crippen LogP) is 13.0. The standard InChI is InChI=1S/C51H31N5O/c1-3-13-32(14-4-1)33-23-25-35(26-24-33)50-52-49(34-15-5-2-6-16-34)53-51(54-50)56-44-21-11-8-18-38(44)41-30-40-37-17-7-10-20-43(37)55(45(40)31-46(41)56)36-27-28-48-42(29-36)39-19-9-12-22-47(39)57-48/h1-31H/i7D,8D,9D,10D,11D,12D,17D,18D,19D,20D,21D,22D,27D,28D,29D,30D,31D. The maximum Gasteiger partial charge on any atom is 0.238 e. The van der Waals surface area contributed by atoms with E-state index in [1.807, 2.05) is 42.5 Å². The fraction of sp³-hybridized carbons (Fsp3) is 0. The Hall–Kier alpha value is -7.83. The van der Waals surface area contributed by atoms with Crippen LogP contribution in [0.3, 0.4) is 0 Å². The second-order valence-corrected chi connectivity index (χ2v) is 13.1. The van der Waals surface area contributed by atoms with Crippen LogP contribution in [0.5, 0.6) is 0 Å². The summed E-state index contributed by atoms with van der Waals surface area (Å²) in [7, 11) is 0. The van der Waals surface area contributed by atoms with Crippen LogP contribution in [0, 0.1) is 0 Å². The van der Waals surface area contributed by atoms with Gasteiger partial charge in [0.25, 0.3) is 0 Å². The van der Waals surface area contributed by atoms with Gasteiger partial charge in [0.15, 0.2) is 11.6 Å². The van der Waals surface area contributed by atoms with Gasteiger partial charge in [-0.3, -0.25) is 4.57 Å². The number of fused-ring (bicyclic) bond motifs is 9. The van der Waals surface area contributed by atoms with Gasteiger partial charge in [0.05, 0.1) is 45.4 Å². The molecule has 0 aliphatic carbocycles. The van der Waals surface area contributed by atoms with Crippen molar-refractivity contribution in [2.75, 3.05) is 0 Å². The van der Waals surface area contributed by atoms with E-state index in [-0.39, 0.29) is 60.9 Å². The van der Waals surface area contributed by atoms with E-state index in [2.05, 4.69) is 0 Å². The fourth-order valence-electron chi connectivity index (χ4n) is 7.29. The minimum atomic E-state index is -0.776. The van der Waals surface area contributed by atoms with Crippen molar-refractivity contribution < 1.29 is 27.7 Å². The van der Waals surface area contributed by atoms with Gasteiger partial charge >= 0.3 is 0 Å². The summed E-state index contributed by atoms with van der Waals surface area (Å²) in [5, 5.41) is -1.83. The highest BCUT2D eigenvalue weighted by Crippen LogP contribution is 2.40. The normalized spacial score (nSPS) is 16.0. The molecule has 57 heavy (non-hydrogen) atoms. The molecule has 0 amide bonds. The summed E-state index contributed by atoms with van der Waals surface area (Å²) < 4.78 is 164. The Morgan fingerprint density at radius 2 is 0.912 bits per heavy atom. The van der Waals surface area contributed by atoms with E-state index in [9.17, 15) is 12.3 Å². The Labute approximate surface area is 350 Å². The van der Waals surface area contributed by atoms with Gasteiger partial charge in [-0.2, -0.15) is 9.97 Å². The molecular weight excluding hydrogens is 699 g/mol. The average Bonchev–Trinajstić information content (AvgIpc) is 4.17. The van der Waals surface area contributed by atoms with Crippen LogP contribution in [0.2, 0.25) is 0 Å². The van der Waals surface area contributed by atoms with Crippen molar-refractivity contribution in [2.45, 2.75) is 0 Å². The van der Waals surface area contributed by atoms with Gasteiger partial charge in [-0.05, 0) is 59.5 Å². The first-order valence-corrected chi connectivity index (χ1v) is 17.7. The van der Waals surface area contributed by atoms with Gasteiger partial charge < -0.3 is 8.98 Å². The van der Waals surface area contributed by atoms with Gasteiger partial charge in [0, 0.05) is 49.1 Å². The zero-order valence-electron chi connectivity index (χ0n) is 46.2. The molecule has 6 nitrogen and oxygen atoms in total. The van der Waals surface area contributed by atoms with Crippen LogP contribution in [0.25, 0.3) is 111 Å². The Morgan fingerprint density at radius 3 is 1.61 bits per heavy atom. The molecule has 0 bridgehead atoms. The van der Waals surface area contributed by atoms with Crippen molar-refractivity contribution in [3.63, 3.8) is 0 Å². The average molecular weight is 747 g/mol. The largest absolute Gasteiger partial charge is 0.456 e. The smallest absolute Gasteiger partial charge is 0.238 e. The number of para-hydroxylation sites is 3. The van der Waals surface area contributed by atoms with Crippen molar-refractivity contribution in [1.82, 2.24) is 24.1 Å². The van der Waals surface area contributed by atoms with Crippen molar-refractivity contribution in [3.8, 4) is 45.5 Å². The Kier molecular flexibility index (Phi) is 4.15. The van der Waals surface area contributed by atoms with E-state index in [1.54, 1.807) is 42.5 Å². The molecule has 12 aromatic rings. The Balaban J connectivity index is 1.29. The molecule has 0 atom stereocenters. The van der Waals surface area contributed by atoms with E-state index in [4.69, 9.17) is 30.3 Å². The summed E-state index contributed by atoms with van der Waals surface area (Å²) >= 11 is 0. The summed E-state index contributed by atoms with van der Waals surface area (Å²) in [6, 6.07) is 14.4. The molecule has 0 N–H and O–H groups in total. The van der Waals surface area contributed by atoms with Crippen molar-refractivity contribution in [1.29, 1.82) is 0 Å². The molecule has 0 fully saturated rings. The summed E-state index contributed by atoms with van der Waals surface area (Å²) in [5.74, 6) is -0.0363. The van der Waals surface area contributed by atoms with E-state index in [1.165, 1.54) is 4.57 Å². The predicted molar refractivity (Wildman–Crippen MR) is 232 cm³/mol. The lowest BCUT2D eigenvalue weighted by Crippen LogP contribution is -2.06. The first kappa shape index (κ1) is 19.2. The monoisotopic (exact) mass is 746 g/mol. The molecule has 0 radical (unpaired) electrons. The quantitative estimate of drug-likeness (QED) is 0.176. The first-order chi connectivity index (χ1) is 35.3. The van der Waals surface area contributed by atoms with E-state index in [0.717, 1.165) is 15.7 Å². The van der Waals surface area contributed by atoms with Crippen LogP contribution in [0.1, 0.15) is 23.3 Å². The summed E-state index contributed by atoms with van der Waals surface area (Å²) in [6.45, 7) is 0. The van der Waals surface area contributed by atoms with Crippen LogP contribution in [-0.2, 0) is 0 Å². The molecular formula is C51H31N5O. The maximum absolute atomic E-state index is 10.4. The minimum absolute atomic E-state index is 0.111. The summed E-state index contributed by atoms with van der Waals surface area (Å²) in [6.07, 6.45) is 0. The van der Waals surface area contributed by atoms with Crippen LogP contribution in [0.4, 0.5) is 0 Å².